The van der Waals surface area contributed by atoms with Gasteiger partial charge in [-0.2, -0.15) is 0 Å². The van der Waals surface area contributed by atoms with E-state index in [1.165, 1.54) is 0 Å². The summed E-state index contributed by atoms with van der Waals surface area (Å²) in [5.41, 5.74) is 3.12. The van der Waals surface area contributed by atoms with Crippen LogP contribution in [0.4, 0.5) is 0 Å². The maximum absolute atomic E-state index is 12.5. The van der Waals surface area contributed by atoms with E-state index >= 15 is 0 Å². The zero-order valence-corrected chi connectivity index (χ0v) is 16.3. The van der Waals surface area contributed by atoms with E-state index < -0.39 is 0 Å². The summed E-state index contributed by atoms with van der Waals surface area (Å²) in [4.78, 5) is 26.8. The first-order valence-electron chi connectivity index (χ1n) is 9.37. The number of rotatable bonds is 5. The van der Waals surface area contributed by atoms with Crippen LogP contribution in [0.15, 0.2) is 48.5 Å². The van der Waals surface area contributed by atoms with Gasteiger partial charge in [-0.25, -0.2) is 0 Å². The number of amides is 2. The van der Waals surface area contributed by atoms with Crippen molar-refractivity contribution in [3.63, 3.8) is 0 Å². The number of carbonyl (C=O) groups excluding carboxylic acids is 2. The first kappa shape index (κ1) is 19.4. The van der Waals surface area contributed by atoms with Crippen LogP contribution in [0, 0.1) is 12.8 Å². The quantitative estimate of drug-likeness (QED) is 0.853. The second-order valence-corrected chi connectivity index (χ2v) is 7.54. The van der Waals surface area contributed by atoms with Crippen LogP contribution in [-0.4, -0.2) is 29.8 Å². The fourth-order valence-electron chi connectivity index (χ4n) is 3.47. The lowest BCUT2D eigenvalue weighted by atomic mass is 9.95. The molecule has 0 unspecified atom stereocenters. The minimum atomic E-state index is -0.0458. The lowest BCUT2D eigenvalue weighted by molar-refractivity contribution is -0.135. The molecule has 2 amide bonds. The summed E-state index contributed by atoms with van der Waals surface area (Å²) in [6.45, 7) is 3.73. The smallest absolute Gasteiger partial charge is 0.226 e. The average molecular weight is 385 g/mol. The van der Waals surface area contributed by atoms with Crippen LogP contribution in [0.2, 0.25) is 5.02 Å². The Morgan fingerprint density at radius 1 is 1.11 bits per heavy atom. The first-order chi connectivity index (χ1) is 13.0. The highest BCUT2D eigenvalue weighted by molar-refractivity contribution is 6.31. The Balaban J connectivity index is 1.46. The molecule has 142 valence electrons. The number of nitrogens with one attached hydrogen (secondary N) is 1. The maximum Gasteiger partial charge on any atom is 0.226 e. The lowest BCUT2D eigenvalue weighted by Gasteiger charge is -2.31. The van der Waals surface area contributed by atoms with Crippen LogP contribution >= 0.6 is 11.6 Å². The number of halogens is 1. The molecule has 0 saturated carbocycles. The Morgan fingerprint density at radius 2 is 1.85 bits per heavy atom. The Bertz CT molecular complexity index is 813. The van der Waals surface area contributed by atoms with E-state index in [0.717, 1.165) is 16.7 Å². The predicted octanol–water partition coefficient (Wildman–Crippen LogP) is 3.75. The number of hydrogen-bond acceptors (Lipinski definition) is 2. The highest BCUT2D eigenvalue weighted by Crippen LogP contribution is 2.20. The third kappa shape index (κ3) is 5.33. The van der Waals surface area contributed by atoms with E-state index in [1.54, 1.807) is 0 Å². The largest absolute Gasteiger partial charge is 0.352 e. The number of hydrogen-bond donors (Lipinski definition) is 1. The van der Waals surface area contributed by atoms with Crippen molar-refractivity contribution >= 4 is 23.4 Å². The normalized spacial score (nSPS) is 14.8. The molecule has 0 aliphatic carbocycles. The van der Waals surface area contributed by atoms with Gasteiger partial charge in [0.05, 0.1) is 6.42 Å². The Morgan fingerprint density at radius 3 is 2.56 bits per heavy atom. The van der Waals surface area contributed by atoms with E-state index in [2.05, 4.69) is 5.32 Å². The van der Waals surface area contributed by atoms with E-state index in [-0.39, 0.29) is 17.7 Å². The first-order valence-corrected chi connectivity index (χ1v) is 9.75. The van der Waals surface area contributed by atoms with Crippen molar-refractivity contribution in [2.24, 2.45) is 5.92 Å². The number of likely N-dealkylation sites (tertiary alicyclic amines) is 1. The minimum Gasteiger partial charge on any atom is -0.352 e. The summed E-state index contributed by atoms with van der Waals surface area (Å²) in [6, 6.07) is 15.6. The van der Waals surface area contributed by atoms with Gasteiger partial charge >= 0.3 is 0 Å². The number of aryl methyl sites for hydroxylation is 1. The van der Waals surface area contributed by atoms with Gasteiger partial charge in [0.1, 0.15) is 0 Å². The van der Waals surface area contributed by atoms with Gasteiger partial charge in [0, 0.05) is 30.6 Å². The van der Waals surface area contributed by atoms with Crippen LogP contribution in [-0.2, 0) is 22.6 Å². The molecule has 0 spiro atoms. The Labute approximate surface area is 165 Å². The molecule has 0 bridgehead atoms. The summed E-state index contributed by atoms with van der Waals surface area (Å²) in [5, 5.41) is 3.63. The van der Waals surface area contributed by atoms with Gasteiger partial charge in [0.15, 0.2) is 0 Å². The van der Waals surface area contributed by atoms with Gasteiger partial charge in [-0.3, -0.25) is 9.59 Å². The van der Waals surface area contributed by atoms with Crippen LogP contribution in [0.25, 0.3) is 0 Å². The third-order valence-electron chi connectivity index (χ3n) is 5.07. The average Bonchev–Trinajstić information content (AvgIpc) is 2.67. The molecule has 0 aromatic heterocycles. The van der Waals surface area contributed by atoms with Gasteiger partial charge in [0.25, 0.3) is 0 Å². The van der Waals surface area contributed by atoms with Gasteiger partial charge in [0.2, 0.25) is 11.8 Å². The second-order valence-electron chi connectivity index (χ2n) is 7.13. The molecule has 1 aliphatic heterocycles. The number of benzene rings is 2. The zero-order valence-electron chi connectivity index (χ0n) is 15.6. The summed E-state index contributed by atoms with van der Waals surface area (Å²) in [5.74, 6) is 0.131. The van der Waals surface area contributed by atoms with Crippen molar-refractivity contribution in [1.82, 2.24) is 10.2 Å². The highest BCUT2D eigenvalue weighted by Gasteiger charge is 2.27. The Hall–Kier alpha value is -2.33. The predicted molar refractivity (Wildman–Crippen MR) is 107 cm³/mol. The molecule has 27 heavy (non-hydrogen) atoms. The molecule has 1 N–H and O–H groups in total. The molecule has 2 aromatic rings. The summed E-state index contributed by atoms with van der Waals surface area (Å²) in [6.07, 6.45) is 1.83. The molecular formula is C22H25ClN2O2. The molecule has 1 saturated heterocycles. The van der Waals surface area contributed by atoms with E-state index in [0.29, 0.717) is 43.9 Å². The third-order valence-corrected chi connectivity index (χ3v) is 5.44. The molecule has 1 heterocycles. The van der Waals surface area contributed by atoms with Gasteiger partial charge < -0.3 is 10.2 Å². The Kier molecular flexibility index (Phi) is 6.51. The fraction of sp³-hybridized carbons (Fsp3) is 0.364. The van der Waals surface area contributed by atoms with E-state index in [9.17, 15) is 9.59 Å². The molecule has 0 atom stereocenters. The molecule has 3 rings (SSSR count). The van der Waals surface area contributed by atoms with Crippen LogP contribution < -0.4 is 5.32 Å². The molecule has 4 nitrogen and oxygen atoms in total. The summed E-state index contributed by atoms with van der Waals surface area (Å²) < 4.78 is 0. The molecule has 2 aromatic carbocycles. The standard InChI is InChI=1S/C22H25ClN2O2/c1-16-5-4-6-17(13-16)14-21(26)25-11-9-18(10-12-25)22(27)24-15-19-7-2-3-8-20(19)23/h2-8,13,18H,9-12,14-15H2,1H3,(H,24,27). The van der Waals surface area contributed by atoms with Crippen molar-refractivity contribution in [3.05, 3.63) is 70.2 Å². The van der Waals surface area contributed by atoms with Crippen molar-refractivity contribution in [2.75, 3.05) is 13.1 Å². The zero-order chi connectivity index (χ0) is 19.2. The molecular weight excluding hydrogens is 360 g/mol. The van der Waals surface area contributed by atoms with E-state index in [1.807, 2.05) is 60.4 Å². The topological polar surface area (TPSA) is 49.4 Å². The minimum absolute atomic E-state index is 0.0423. The van der Waals surface area contributed by atoms with Crippen LogP contribution in [0.3, 0.4) is 0 Å². The SMILES string of the molecule is Cc1cccc(CC(=O)N2CCC(C(=O)NCc3ccccc3Cl)CC2)c1. The second kappa shape index (κ2) is 9.05. The van der Waals surface area contributed by atoms with Crippen LogP contribution in [0.5, 0.6) is 0 Å². The molecule has 1 fully saturated rings. The van der Waals surface area contributed by atoms with Crippen LogP contribution in [0.1, 0.15) is 29.5 Å². The highest BCUT2D eigenvalue weighted by atomic mass is 35.5. The van der Waals surface area contributed by atoms with Gasteiger partial charge in [-0.05, 0) is 37.0 Å². The maximum atomic E-state index is 12.5. The van der Waals surface area contributed by atoms with Crippen molar-refractivity contribution in [2.45, 2.75) is 32.7 Å². The number of piperidine rings is 1. The summed E-state index contributed by atoms with van der Waals surface area (Å²) >= 11 is 6.13. The monoisotopic (exact) mass is 384 g/mol. The number of carbonyl (C=O) groups is 2. The van der Waals surface area contributed by atoms with E-state index in [4.69, 9.17) is 11.6 Å². The fourth-order valence-corrected chi connectivity index (χ4v) is 3.67. The molecule has 0 radical (unpaired) electrons. The van der Waals surface area contributed by atoms with Gasteiger partial charge in [-0.1, -0.05) is 59.6 Å². The van der Waals surface area contributed by atoms with Crippen molar-refractivity contribution in [1.29, 1.82) is 0 Å². The van der Waals surface area contributed by atoms with Crippen molar-refractivity contribution in [3.8, 4) is 0 Å². The lowest BCUT2D eigenvalue weighted by Crippen LogP contribution is -2.43. The molecule has 5 heteroatoms. The summed E-state index contributed by atoms with van der Waals surface area (Å²) in [7, 11) is 0. The van der Waals surface area contributed by atoms with Gasteiger partial charge in [-0.15, -0.1) is 0 Å². The molecule has 1 aliphatic rings. The van der Waals surface area contributed by atoms with Crippen molar-refractivity contribution < 1.29 is 9.59 Å². The number of nitrogens with zero attached hydrogens (tertiary/aromatic N) is 1.